The summed E-state index contributed by atoms with van der Waals surface area (Å²) < 4.78 is 36.7. The maximum absolute atomic E-state index is 15.6. The van der Waals surface area contributed by atoms with E-state index in [0.717, 1.165) is 6.92 Å². The SMILES string of the molecule is CC(=O)O[C@@]12CO[C@@H]1C[C@H](OC1OCC(O)C(O)C1O)[C@@]1(C)C(=O)C(=O)C3C(C)[C@@H](OC(=O)[C@H](O)[C@@H](NC(=O)c4ccccc4)c4ccccc4)C[C@@](O)([C@@H](OC(=O)c4ccccc4)[C@H]21)C3(C)C. The molecule has 1 amide bonds. The molecule has 6 N–H and O–H groups in total. The molecule has 0 spiro atoms. The van der Waals surface area contributed by atoms with Gasteiger partial charge in [0.25, 0.3) is 5.91 Å². The van der Waals surface area contributed by atoms with E-state index >= 15 is 9.59 Å². The first-order valence-electron chi connectivity index (χ1n) is 22.7. The minimum Gasteiger partial charge on any atom is -0.460 e. The van der Waals surface area contributed by atoms with Crippen LogP contribution in [-0.2, 0) is 47.6 Å². The fourth-order valence-electron chi connectivity index (χ4n) is 11.5. The number of amides is 1. The van der Waals surface area contributed by atoms with E-state index < -0.39 is 156 Å². The number of fused-ring (bicyclic) bond motifs is 5. The molecule has 6 unspecified atom stereocenters. The highest BCUT2D eigenvalue weighted by Crippen LogP contribution is 2.65. The average Bonchev–Trinajstić information content (AvgIpc) is 3.31. The molecule has 18 heteroatoms. The van der Waals surface area contributed by atoms with Gasteiger partial charge in [0.2, 0.25) is 11.6 Å². The van der Waals surface area contributed by atoms with Gasteiger partial charge in [-0.2, -0.15) is 0 Å². The molecular weight excluding hydrogens is 887 g/mol. The van der Waals surface area contributed by atoms with Gasteiger partial charge in [-0.1, -0.05) is 87.5 Å². The predicted molar refractivity (Wildman–Crippen MR) is 234 cm³/mol. The number of rotatable bonds is 11. The van der Waals surface area contributed by atoms with Crippen molar-refractivity contribution in [3.8, 4) is 0 Å². The topological polar surface area (TPSA) is 271 Å². The van der Waals surface area contributed by atoms with Gasteiger partial charge >= 0.3 is 17.9 Å². The van der Waals surface area contributed by atoms with Gasteiger partial charge in [0.15, 0.2) is 18.0 Å². The summed E-state index contributed by atoms with van der Waals surface area (Å²) in [5.74, 6) is -10.1. The molecule has 0 aromatic heterocycles. The number of ketones is 2. The van der Waals surface area contributed by atoms with Crippen LogP contribution in [0.3, 0.4) is 0 Å². The van der Waals surface area contributed by atoms with E-state index in [1.165, 1.54) is 32.9 Å². The Bertz CT molecular complexity index is 2400. The Morgan fingerprint density at radius 1 is 0.824 bits per heavy atom. The summed E-state index contributed by atoms with van der Waals surface area (Å²) in [6, 6.07) is 22.7. The Morgan fingerprint density at radius 3 is 2.01 bits per heavy atom. The van der Waals surface area contributed by atoms with Crippen LogP contribution in [0.15, 0.2) is 91.0 Å². The fraction of sp³-hybridized carbons (Fsp3) is 0.520. The van der Waals surface area contributed by atoms with Gasteiger partial charge in [-0.05, 0) is 36.8 Å². The van der Waals surface area contributed by atoms with Crippen LogP contribution in [0.25, 0.3) is 0 Å². The van der Waals surface area contributed by atoms with Crippen molar-refractivity contribution >= 4 is 35.4 Å². The summed E-state index contributed by atoms with van der Waals surface area (Å²) in [7, 11) is 0. The summed E-state index contributed by atoms with van der Waals surface area (Å²) in [5.41, 5.74) is -7.67. The number of hydrogen-bond donors (Lipinski definition) is 6. The molecule has 2 bridgehead atoms. The number of carbonyl (C=O) groups excluding carboxylic acids is 6. The fourth-order valence-corrected chi connectivity index (χ4v) is 11.5. The lowest BCUT2D eigenvalue weighted by atomic mass is 9.42. The van der Waals surface area contributed by atoms with Gasteiger partial charge in [-0.15, -0.1) is 0 Å². The minimum absolute atomic E-state index is 0.0224. The van der Waals surface area contributed by atoms with Crippen LogP contribution in [0.2, 0.25) is 0 Å². The van der Waals surface area contributed by atoms with Gasteiger partial charge in [0.05, 0.1) is 42.3 Å². The second-order valence-electron chi connectivity index (χ2n) is 19.4. The smallest absolute Gasteiger partial charge is 0.338 e. The van der Waals surface area contributed by atoms with Gasteiger partial charge in [0, 0.05) is 42.6 Å². The van der Waals surface area contributed by atoms with Crippen molar-refractivity contribution < 1.29 is 82.7 Å². The third kappa shape index (κ3) is 8.13. The van der Waals surface area contributed by atoms with Crippen LogP contribution in [0, 0.1) is 28.6 Å². The summed E-state index contributed by atoms with van der Waals surface area (Å²) in [5, 5.41) is 60.2. The zero-order chi connectivity index (χ0) is 49.1. The molecule has 364 valence electrons. The minimum atomic E-state index is -2.47. The Kier molecular flexibility index (Phi) is 13.3. The van der Waals surface area contributed by atoms with Crippen molar-refractivity contribution in [1.82, 2.24) is 5.32 Å². The maximum atomic E-state index is 15.6. The molecule has 68 heavy (non-hydrogen) atoms. The van der Waals surface area contributed by atoms with E-state index in [1.54, 1.807) is 85.8 Å². The van der Waals surface area contributed by atoms with Gasteiger partial charge < -0.3 is 59.3 Å². The van der Waals surface area contributed by atoms with E-state index in [-0.39, 0.29) is 17.5 Å². The van der Waals surface area contributed by atoms with Crippen molar-refractivity contribution in [2.75, 3.05) is 13.2 Å². The second-order valence-corrected chi connectivity index (χ2v) is 19.4. The summed E-state index contributed by atoms with van der Waals surface area (Å²) >= 11 is 0. The summed E-state index contributed by atoms with van der Waals surface area (Å²) in [4.78, 5) is 86.5. The molecule has 5 aliphatic rings. The average molecular weight is 944 g/mol. The zero-order valence-corrected chi connectivity index (χ0v) is 38.1. The quantitative estimate of drug-likeness (QED) is 0.0908. The van der Waals surface area contributed by atoms with Crippen LogP contribution in [0.4, 0.5) is 0 Å². The Morgan fingerprint density at radius 2 is 1.43 bits per heavy atom. The molecule has 18 nitrogen and oxygen atoms in total. The Balaban J connectivity index is 1.24. The Labute approximate surface area is 391 Å². The molecule has 0 radical (unpaired) electrons. The van der Waals surface area contributed by atoms with Crippen molar-refractivity contribution in [1.29, 1.82) is 0 Å². The third-order valence-electron chi connectivity index (χ3n) is 15.2. The van der Waals surface area contributed by atoms with E-state index in [4.69, 9.17) is 28.4 Å². The normalized spacial score (nSPS) is 37.0. The van der Waals surface area contributed by atoms with Crippen LogP contribution < -0.4 is 5.32 Å². The first-order valence-corrected chi connectivity index (χ1v) is 22.7. The molecule has 3 aliphatic carbocycles. The number of hydrogen-bond acceptors (Lipinski definition) is 17. The number of ether oxygens (including phenoxy) is 6. The molecule has 2 saturated heterocycles. The van der Waals surface area contributed by atoms with E-state index in [2.05, 4.69) is 5.32 Å². The molecule has 3 saturated carbocycles. The van der Waals surface area contributed by atoms with Crippen molar-refractivity contribution in [3.05, 3.63) is 108 Å². The molecule has 5 fully saturated rings. The van der Waals surface area contributed by atoms with E-state index in [1.807, 2.05) is 0 Å². The van der Waals surface area contributed by atoms with Crippen molar-refractivity contribution in [2.24, 2.45) is 28.6 Å². The molecule has 8 rings (SSSR count). The van der Waals surface area contributed by atoms with E-state index in [0.29, 0.717) is 5.56 Å². The molecule has 2 aliphatic heterocycles. The van der Waals surface area contributed by atoms with Crippen LogP contribution in [0.5, 0.6) is 0 Å². The standard InChI is InChI=1S/C50H57NO17/c1-25-31(65-45(61)38(56)35(27-15-9-6-10-16-27)51-43(59)28-17-11-7-12-18-28)22-50(62)42(67-44(60)29-19-13-8-14-20-29)40-48(5,41(58)37(55)34(25)47(50,3)4)32(21-33-49(40,24-64-33)68-26(2)52)66-46-39(57)36(54)30(53)23-63-46/h6-20,25,30-36,38-40,42,46,53-54,56-57,62H,21-24H2,1-5H3,(H,51,59)/t25?,30?,31-,32-,33+,34?,35-,36?,38+,39?,40-,42-,46?,48+,49-,50+/m0/s1. The van der Waals surface area contributed by atoms with Gasteiger partial charge in [-0.25, -0.2) is 9.59 Å². The molecule has 3 aromatic rings. The number of aliphatic hydroxyl groups excluding tert-OH is 4. The predicted octanol–water partition coefficient (Wildman–Crippen LogP) is 1.77. The lowest BCUT2D eigenvalue weighted by molar-refractivity contribution is -0.368. The molecule has 16 atom stereocenters. The third-order valence-corrected chi connectivity index (χ3v) is 15.2. The monoisotopic (exact) mass is 943 g/mol. The highest BCUT2D eigenvalue weighted by Gasteiger charge is 2.79. The van der Waals surface area contributed by atoms with Gasteiger partial charge in [-0.3, -0.25) is 19.2 Å². The number of aliphatic hydroxyl groups is 5. The molecular formula is C50H57NO17. The largest absolute Gasteiger partial charge is 0.460 e. The summed E-state index contributed by atoms with van der Waals surface area (Å²) in [6.45, 7) is 6.18. The first-order chi connectivity index (χ1) is 32.2. The van der Waals surface area contributed by atoms with Crippen LogP contribution in [-0.4, -0.2) is 140 Å². The number of benzene rings is 3. The van der Waals surface area contributed by atoms with Gasteiger partial charge in [0.1, 0.15) is 42.2 Å². The van der Waals surface area contributed by atoms with E-state index in [9.17, 15) is 44.7 Å². The molecule has 3 aromatic carbocycles. The highest BCUT2D eigenvalue weighted by atomic mass is 16.7. The van der Waals surface area contributed by atoms with Crippen molar-refractivity contribution in [2.45, 2.75) is 120 Å². The highest BCUT2D eigenvalue weighted by molar-refractivity contribution is 6.40. The Hall–Kier alpha value is -5.44. The second kappa shape index (κ2) is 18.5. The maximum Gasteiger partial charge on any atom is 0.338 e. The first kappa shape index (κ1) is 49.0. The summed E-state index contributed by atoms with van der Waals surface area (Å²) in [6.07, 6.45) is -15.7. The molecule has 2 heterocycles. The lowest BCUT2D eigenvalue weighted by Crippen LogP contribution is -2.83. The van der Waals surface area contributed by atoms with Crippen LogP contribution >= 0.6 is 0 Å². The number of Topliss-reactive ketones (excluding diaryl/α,β-unsaturated/α-hetero) is 2. The number of esters is 3. The lowest BCUT2D eigenvalue weighted by Gasteiger charge is -2.68. The van der Waals surface area contributed by atoms with Crippen LogP contribution in [0.1, 0.15) is 79.8 Å². The number of carbonyl (C=O) groups is 6. The van der Waals surface area contributed by atoms with Crippen molar-refractivity contribution in [3.63, 3.8) is 0 Å². The number of nitrogens with one attached hydrogen (secondary N) is 1. The zero-order valence-electron chi connectivity index (χ0n) is 38.1.